The Morgan fingerprint density at radius 1 is 1.00 bits per heavy atom. The van der Waals surface area contributed by atoms with Crippen LogP contribution >= 0.6 is 0 Å². The Kier molecular flexibility index (Phi) is 5.81. The number of hydrogen-bond donors (Lipinski definition) is 4. The molecule has 12 atom stereocenters. The van der Waals surface area contributed by atoms with Crippen LogP contribution in [0.4, 0.5) is 0 Å². The van der Waals surface area contributed by atoms with E-state index in [0.717, 1.165) is 44.9 Å². The molecule has 0 spiro atoms. The lowest BCUT2D eigenvalue weighted by Gasteiger charge is -2.63. The Labute approximate surface area is 181 Å². The zero-order valence-corrected chi connectivity index (χ0v) is 19.1. The van der Waals surface area contributed by atoms with Crippen molar-refractivity contribution in [1.29, 1.82) is 0 Å². The first-order valence-electron chi connectivity index (χ1n) is 12.3. The largest absolute Gasteiger partial charge is 0.481 e. The third kappa shape index (κ3) is 3.26. The molecule has 0 radical (unpaired) electrons. The van der Waals surface area contributed by atoms with Crippen LogP contribution in [0.25, 0.3) is 0 Å². The summed E-state index contributed by atoms with van der Waals surface area (Å²) in [5.74, 6) is 0.567. The van der Waals surface area contributed by atoms with Crippen LogP contribution in [0, 0.1) is 52.3 Å². The monoisotopic (exact) mass is 422 g/mol. The molecule has 4 N–H and O–H groups in total. The van der Waals surface area contributed by atoms with Gasteiger partial charge in [-0.3, -0.25) is 4.79 Å². The summed E-state index contributed by atoms with van der Waals surface area (Å²) < 4.78 is 0. The van der Waals surface area contributed by atoms with Gasteiger partial charge in [-0.2, -0.15) is 0 Å². The molecule has 5 nitrogen and oxygen atoms in total. The van der Waals surface area contributed by atoms with Crippen LogP contribution in [0.15, 0.2) is 0 Å². The first-order chi connectivity index (χ1) is 14.0. The number of fused-ring (bicyclic) bond motifs is 5. The standard InChI is InChI=1S/C25H42O5/c1-13(9-14(2)23(29)30)17-5-6-18-22-19(12-21(28)25(17,18)4)24(3)8-7-16(26)10-15(24)11-20(22)27/h13-22,26-28H,5-12H2,1-4H3,(H,29,30)/t13-,14+,15?,16-,17-,18?,19?,20-,21+,22?,24+,25-/m1/s1. The number of hydrogen-bond acceptors (Lipinski definition) is 4. The van der Waals surface area contributed by atoms with Gasteiger partial charge >= 0.3 is 5.97 Å². The van der Waals surface area contributed by atoms with Crippen molar-refractivity contribution in [2.45, 2.75) is 97.4 Å². The Bertz CT molecular complexity index is 666. The van der Waals surface area contributed by atoms with E-state index in [0.29, 0.717) is 30.1 Å². The van der Waals surface area contributed by atoms with Crippen molar-refractivity contribution in [1.82, 2.24) is 0 Å². The summed E-state index contributed by atoms with van der Waals surface area (Å²) in [5, 5.41) is 42.4. The lowest BCUT2D eigenvalue weighted by Crippen LogP contribution is -2.62. The van der Waals surface area contributed by atoms with Crippen LogP contribution in [0.5, 0.6) is 0 Å². The summed E-state index contributed by atoms with van der Waals surface area (Å²) in [5.41, 5.74) is -0.163. The molecular weight excluding hydrogens is 380 g/mol. The van der Waals surface area contributed by atoms with Crippen molar-refractivity contribution >= 4 is 5.97 Å². The van der Waals surface area contributed by atoms with E-state index in [1.807, 2.05) is 0 Å². The maximum atomic E-state index is 11.5. The van der Waals surface area contributed by atoms with Gasteiger partial charge in [-0.15, -0.1) is 0 Å². The van der Waals surface area contributed by atoms with Gasteiger partial charge in [-0.05, 0) is 97.7 Å². The molecule has 0 aliphatic heterocycles. The molecule has 30 heavy (non-hydrogen) atoms. The molecule has 4 aliphatic carbocycles. The molecule has 0 amide bonds. The molecule has 0 saturated heterocycles. The highest BCUT2D eigenvalue weighted by Crippen LogP contribution is 2.68. The van der Waals surface area contributed by atoms with Crippen LogP contribution in [0.3, 0.4) is 0 Å². The summed E-state index contributed by atoms with van der Waals surface area (Å²) in [4.78, 5) is 11.4. The van der Waals surface area contributed by atoms with Gasteiger partial charge in [-0.25, -0.2) is 0 Å². The fourth-order valence-corrected chi connectivity index (χ4v) is 8.95. The Morgan fingerprint density at radius 2 is 1.70 bits per heavy atom. The Hall–Kier alpha value is -0.650. The average Bonchev–Trinajstić information content (AvgIpc) is 3.02. The predicted octanol–water partition coefficient (Wildman–Crippen LogP) is 3.69. The first-order valence-corrected chi connectivity index (χ1v) is 12.3. The predicted molar refractivity (Wildman–Crippen MR) is 115 cm³/mol. The fourth-order valence-electron chi connectivity index (χ4n) is 8.95. The molecule has 4 unspecified atom stereocenters. The highest BCUT2D eigenvalue weighted by Gasteiger charge is 2.65. The van der Waals surface area contributed by atoms with Gasteiger partial charge in [0.25, 0.3) is 0 Å². The summed E-state index contributed by atoms with van der Waals surface area (Å²) >= 11 is 0. The zero-order valence-electron chi connectivity index (χ0n) is 19.1. The number of aliphatic hydroxyl groups is 3. The van der Waals surface area contributed by atoms with Crippen molar-refractivity contribution in [3.8, 4) is 0 Å². The van der Waals surface area contributed by atoms with E-state index in [4.69, 9.17) is 0 Å². The molecule has 0 aromatic heterocycles. The van der Waals surface area contributed by atoms with E-state index in [1.54, 1.807) is 6.92 Å². The van der Waals surface area contributed by atoms with Gasteiger partial charge in [0.1, 0.15) is 0 Å². The van der Waals surface area contributed by atoms with E-state index in [9.17, 15) is 25.2 Å². The molecular formula is C25H42O5. The van der Waals surface area contributed by atoms with Crippen molar-refractivity contribution in [2.24, 2.45) is 52.3 Å². The second kappa shape index (κ2) is 7.74. The average molecular weight is 423 g/mol. The highest BCUT2D eigenvalue weighted by atomic mass is 16.4. The SMILES string of the molecule is C[C@H](C[C@H](C)C(=O)O)[C@H]1CCC2C3C(C[C@H](O)[C@@]21C)[C@@]1(C)CC[C@@H](O)CC1C[C@H]3O. The summed E-state index contributed by atoms with van der Waals surface area (Å²) in [6.07, 6.45) is 5.75. The van der Waals surface area contributed by atoms with Crippen LogP contribution in [0.2, 0.25) is 0 Å². The minimum atomic E-state index is -0.744. The van der Waals surface area contributed by atoms with E-state index in [2.05, 4.69) is 20.8 Å². The van der Waals surface area contributed by atoms with Crippen molar-refractivity contribution in [3.63, 3.8) is 0 Å². The van der Waals surface area contributed by atoms with Gasteiger partial charge in [0.05, 0.1) is 24.2 Å². The third-order valence-electron chi connectivity index (χ3n) is 10.7. The van der Waals surface area contributed by atoms with Crippen LogP contribution in [0.1, 0.15) is 79.1 Å². The van der Waals surface area contributed by atoms with Crippen LogP contribution in [-0.2, 0) is 4.79 Å². The van der Waals surface area contributed by atoms with Gasteiger partial charge in [0, 0.05) is 0 Å². The Morgan fingerprint density at radius 3 is 2.37 bits per heavy atom. The third-order valence-corrected chi connectivity index (χ3v) is 10.7. The normalized spacial score (nSPS) is 52.6. The second-order valence-corrected chi connectivity index (χ2v) is 12.0. The molecule has 4 fully saturated rings. The number of rotatable bonds is 4. The molecule has 0 aromatic rings. The maximum absolute atomic E-state index is 11.5. The fraction of sp³-hybridized carbons (Fsp3) is 0.960. The van der Waals surface area contributed by atoms with Gasteiger partial charge in [0.15, 0.2) is 0 Å². The van der Waals surface area contributed by atoms with Crippen LogP contribution in [-0.4, -0.2) is 44.7 Å². The second-order valence-electron chi connectivity index (χ2n) is 12.0. The molecule has 5 heteroatoms. The topological polar surface area (TPSA) is 98.0 Å². The molecule has 0 aromatic carbocycles. The zero-order chi connectivity index (χ0) is 22.0. The molecule has 4 saturated carbocycles. The van der Waals surface area contributed by atoms with Gasteiger partial charge < -0.3 is 20.4 Å². The lowest BCUT2D eigenvalue weighted by atomic mass is 9.43. The summed E-state index contributed by atoms with van der Waals surface area (Å²) in [6, 6.07) is 0. The van der Waals surface area contributed by atoms with E-state index in [-0.39, 0.29) is 40.8 Å². The molecule has 172 valence electrons. The summed E-state index contributed by atoms with van der Waals surface area (Å²) in [7, 11) is 0. The number of aliphatic hydroxyl groups excluding tert-OH is 3. The molecule has 4 aliphatic rings. The Balaban J connectivity index is 1.61. The smallest absolute Gasteiger partial charge is 0.306 e. The van der Waals surface area contributed by atoms with Crippen molar-refractivity contribution < 1.29 is 25.2 Å². The van der Waals surface area contributed by atoms with Crippen molar-refractivity contribution in [3.05, 3.63) is 0 Å². The summed E-state index contributed by atoms with van der Waals surface area (Å²) in [6.45, 7) is 8.52. The van der Waals surface area contributed by atoms with Gasteiger partial charge in [-0.1, -0.05) is 27.7 Å². The van der Waals surface area contributed by atoms with E-state index >= 15 is 0 Å². The highest BCUT2D eigenvalue weighted by molar-refractivity contribution is 5.69. The van der Waals surface area contributed by atoms with Crippen molar-refractivity contribution in [2.75, 3.05) is 0 Å². The number of aliphatic carboxylic acids is 1. The number of carboxylic acid groups (broad SMARTS) is 1. The quantitative estimate of drug-likeness (QED) is 0.554. The minimum absolute atomic E-state index is 0.0902. The maximum Gasteiger partial charge on any atom is 0.306 e. The molecule has 0 heterocycles. The van der Waals surface area contributed by atoms with E-state index in [1.165, 1.54) is 0 Å². The lowest BCUT2D eigenvalue weighted by molar-refractivity contribution is -0.207. The number of carbonyl (C=O) groups is 1. The van der Waals surface area contributed by atoms with E-state index < -0.39 is 12.1 Å². The van der Waals surface area contributed by atoms with Gasteiger partial charge in [0.2, 0.25) is 0 Å². The van der Waals surface area contributed by atoms with Crippen LogP contribution < -0.4 is 0 Å². The molecule has 0 bridgehead atoms. The molecule has 4 rings (SSSR count). The number of carboxylic acids is 1. The minimum Gasteiger partial charge on any atom is -0.481 e. The first kappa shape index (κ1) is 22.5.